The number of halogens is 8. The van der Waals surface area contributed by atoms with Gasteiger partial charge in [0.15, 0.2) is 0 Å². The highest BCUT2D eigenvalue weighted by Gasteiger charge is 2.58. The first-order chi connectivity index (χ1) is 21.3. The molecule has 7 rings (SSSR count). The maximum absolute atomic E-state index is 14.6. The Morgan fingerprint density at radius 3 is 1.67 bits per heavy atom. The van der Waals surface area contributed by atoms with Crippen LogP contribution in [-0.4, -0.2) is 0 Å². The van der Waals surface area contributed by atoms with Gasteiger partial charge < -0.3 is 4.90 Å². The molecule has 0 aromatic heterocycles. The van der Waals surface area contributed by atoms with Crippen molar-refractivity contribution >= 4 is 11.4 Å². The van der Waals surface area contributed by atoms with Crippen LogP contribution < -0.4 is 4.90 Å². The minimum atomic E-state index is -4.25. The van der Waals surface area contributed by atoms with Crippen LogP contribution in [0.3, 0.4) is 0 Å². The first-order valence-electron chi connectivity index (χ1n) is 13.9. The van der Waals surface area contributed by atoms with Crippen molar-refractivity contribution in [1.29, 1.82) is 0 Å². The molecular weight excluding hydrogens is 606 g/mol. The smallest absolute Gasteiger partial charge is 0.310 e. The van der Waals surface area contributed by atoms with Gasteiger partial charge in [0.05, 0.1) is 27.9 Å². The Bertz CT molecular complexity index is 1880. The van der Waals surface area contributed by atoms with Crippen molar-refractivity contribution in [1.82, 2.24) is 0 Å². The van der Waals surface area contributed by atoms with Crippen LogP contribution in [0.25, 0.3) is 22.3 Å². The average Bonchev–Trinajstić information content (AvgIpc) is 3.32. The SMILES string of the molecule is FC1(F)OC(F)(F)c2cc(-c3ccc(-c4ccc5c(c4)C(F)(F)OC5(F)F)c(N(C4=CCCC=C4)c4ccccc4)c3)ccc21. The van der Waals surface area contributed by atoms with E-state index >= 15 is 0 Å². The van der Waals surface area contributed by atoms with Crippen LogP contribution in [0.5, 0.6) is 0 Å². The number of alkyl halides is 8. The van der Waals surface area contributed by atoms with Crippen LogP contribution in [-0.2, 0) is 33.9 Å². The van der Waals surface area contributed by atoms with Gasteiger partial charge in [-0.25, -0.2) is 9.47 Å². The van der Waals surface area contributed by atoms with Gasteiger partial charge in [-0.2, -0.15) is 35.1 Å². The number of anilines is 2. The van der Waals surface area contributed by atoms with Gasteiger partial charge in [-0.05, 0) is 78.1 Å². The number of hydrogen-bond acceptors (Lipinski definition) is 3. The Morgan fingerprint density at radius 1 is 0.533 bits per heavy atom. The summed E-state index contributed by atoms with van der Waals surface area (Å²) in [6.07, 6.45) is -9.59. The van der Waals surface area contributed by atoms with Gasteiger partial charge in [0.1, 0.15) is 0 Å². The molecule has 0 atom stereocenters. The molecule has 1 aliphatic carbocycles. The summed E-state index contributed by atoms with van der Waals surface area (Å²) >= 11 is 0. The van der Waals surface area contributed by atoms with Crippen molar-refractivity contribution in [3.05, 3.63) is 131 Å². The molecule has 0 amide bonds. The molecule has 0 saturated heterocycles. The van der Waals surface area contributed by atoms with Crippen molar-refractivity contribution < 1.29 is 44.6 Å². The Kier molecular flexibility index (Phi) is 6.51. The van der Waals surface area contributed by atoms with Crippen LogP contribution in [0.15, 0.2) is 109 Å². The summed E-state index contributed by atoms with van der Waals surface area (Å²) in [6, 6.07) is 19.8. The number of rotatable bonds is 5. The normalized spacial score (nSPS) is 20.0. The molecule has 11 heteroatoms. The van der Waals surface area contributed by atoms with E-state index in [9.17, 15) is 35.1 Å². The summed E-state index contributed by atoms with van der Waals surface area (Å²) in [5, 5.41) is 0. The van der Waals surface area contributed by atoms with Crippen LogP contribution >= 0.6 is 0 Å². The Morgan fingerprint density at radius 2 is 1.07 bits per heavy atom. The topological polar surface area (TPSA) is 21.7 Å². The number of ether oxygens (including phenoxy) is 2. The van der Waals surface area contributed by atoms with Crippen LogP contribution in [0.2, 0.25) is 0 Å². The number of nitrogens with zero attached hydrogens (tertiary/aromatic N) is 1. The number of allylic oxidation sites excluding steroid dienone is 3. The largest absolute Gasteiger partial charge is 0.388 e. The van der Waals surface area contributed by atoms with Gasteiger partial charge in [-0.3, -0.25) is 0 Å². The molecule has 3 aliphatic rings. The fraction of sp³-hybridized carbons (Fsp3) is 0.176. The van der Waals surface area contributed by atoms with Gasteiger partial charge >= 0.3 is 24.4 Å². The van der Waals surface area contributed by atoms with Crippen LogP contribution in [0.4, 0.5) is 46.5 Å². The first-order valence-corrected chi connectivity index (χ1v) is 13.9. The van der Waals surface area contributed by atoms with E-state index in [0.29, 0.717) is 34.6 Å². The van der Waals surface area contributed by atoms with Gasteiger partial charge in [0.25, 0.3) is 0 Å². The molecule has 0 saturated carbocycles. The lowest BCUT2D eigenvalue weighted by Gasteiger charge is -2.30. The minimum Gasteiger partial charge on any atom is -0.310 e. The molecule has 230 valence electrons. The summed E-state index contributed by atoms with van der Waals surface area (Å²) in [5.74, 6) is 0. The highest BCUT2D eigenvalue weighted by Crippen LogP contribution is 2.54. The van der Waals surface area contributed by atoms with Crippen LogP contribution in [0.1, 0.15) is 35.1 Å². The molecule has 3 nitrogen and oxygen atoms in total. The molecule has 0 radical (unpaired) electrons. The number of para-hydroxylation sites is 1. The van der Waals surface area contributed by atoms with E-state index < -0.39 is 46.7 Å². The Balaban J connectivity index is 1.45. The number of fused-ring (bicyclic) bond motifs is 2. The predicted octanol–water partition coefficient (Wildman–Crippen LogP) is 10.7. The zero-order valence-corrected chi connectivity index (χ0v) is 23.0. The fourth-order valence-corrected chi connectivity index (χ4v) is 5.88. The zero-order chi connectivity index (χ0) is 31.8. The molecule has 0 spiro atoms. The van der Waals surface area contributed by atoms with Crippen molar-refractivity contribution in [2.75, 3.05) is 4.90 Å². The van der Waals surface area contributed by atoms with Gasteiger partial charge in [-0.1, -0.05) is 54.6 Å². The molecule has 2 aliphatic heterocycles. The lowest BCUT2D eigenvalue weighted by Crippen LogP contribution is -2.18. The summed E-state index contributed by atoms with van der Waals surface area (Å²) in [5.41, 5.74) is -1.10. The second kappa shape index (κ2) is 10.0. The van der Waals surface area contributed by atoms with E-state index in [1.165, 1.54) is 24.3 Å². The summed E-state index contributed by atoms with van der Waals surface area (Å²) in [4.78, 5) is 1.82. The summed E-state index contributed by atoms with van der Waals surface area (Å²) < 4.78 is 122. The molecule has 0 fully saturated rings. The third kappa shape index (κ3) is 4.90. The number of hydrogen-bond donors (Lipinski definition) is 0. The van der Waals surface area contributed by atoms with E-state index in [0.717, 1.165) is 30.7 Å². The second-order valence-corrected chi connectivity index (χ2v) is 10.8. The average molecular weight is 628 g/mol. The van der Waals surface area contributed by atoms with Gasteiger partial charge in [0.2, 0.25) is 0 Å². The van der Waals surface area contributed by atoms with Crippen molar-refractivity contribution in [2.24, 2.45) is 0 Å². The van der Waals surface area contributed by atoms with Crippen LogP contribution in [0, 0.1) is 0 Å². The molecular formula is C34H21F8NO2. The van der Waals surface area contributed by atoms with E-state index in [-0.39, 0.29) is 11.1 Å². The quantitative estimate of drug-likeness (QED) is 0.206. The highest BCUT2D eigenvalue weighted by atomic mass is 19.3. The third-order valence-electron chi connectivity index (χ3n) is 7.94. The van der Waals surface area contributed by atoms with E-state index in [1.807, 2.05) is 23.1 Å². The third-order valence-corrected chi connectivity index (χ3v) is 7.94. The lowest BCUT2D eigenvalue weighted by atomic mass is 9.93. The zero-order valence-electron chi connectivity index (χ0n) is 23.0. The van der Waals surface area contributed by atoms with Gasteiger partial charge in [-0.15, -0.1) is 0 Å². The molecule has 4 aromatic carbocycles. The Hall–Kier alpha value is -4.48. The monoisotopic (exact) mass is 627 g/mol. The summed E-state index contributed by atoms with van der Waals surface area (Å²) in [6.45, 7) is 0. The minimum absolute atomic E-state index is 0.158. The second-order valence-electron chi connectivity index (χ2n) is 10.8. The first kappa shape index (κ1) is 29.2. The maximum Gasteiger partial charge on any atom is 0.388 e. The van der Waals surface area contributed by atoms with E-state index in [1.54, 1.807) is 36.4 Å². The fourth-order valence-electron chi connectivity index (χ4n) is 5.88. The van der Waals surface area contributed by atoms with Crippen molar-refractivity contribution in [3.8, 4) is 22.3 Å². The standard InChI is InChI=1S/C34H21F8NO2/c35-31(36)26-15-12-20(17-28(26)33(39,40)44-31)21-11-14-25(22-13-16-27-29(18-22)34(41,42)45-32(27,37)38)30(19-21)43(23-7-3-1-4-8-23)24-9-5-2-6-10-24/h1,3-5,7-19H,2,6H2. The molecule has 2 heterocycles. The molecule has 0 bridgehead atoms. The molecule has 4 aromatic rings. The lowest BCUT2D eigenvalue weighted by molar-refractivity contribution is -0.370. The summed E-state index contributed by atoms with van der Waals surface area (Å²) in [7, 11) is 0. The van der Waals surface area contributed by atoms with E-state index in [2.05, 4.69) is 9.47 Å². The molecule has 0 N–H and O–H groups in total. The maximum atomic E-state index is 14.6. The van der Waals surface area contributed by atoms with E-state index in [4.69, 9.17) is 0 Å². The Labute approximate surface area is 251 Å². The molecule has 45 heavy (non-hydrogen) atoms. The predicted molar refractivity (Wildman–Crippen MR) is 150 cm³/mol. The number of benzene rings is 4. The van der Waals surface area contributed by atoms with Crippen molar-refractivity contribution in [2.45, 2.75) is 37.3 Å². The molecule has 0 unspecified atom stereocenters. The van der Waals surface area contributed by atoms with Gasteiger partial charge in [0, 0.05) is 16.9 Å². The van der Waals surface area contributed by atoms with Crippen molar-refractivity contribution in [3.63, 3.8) is 0 Å². The highest BCUT2D eigenvalue weighted by molar-refractivity contribution is 5.89.